The molecule has 1 atom stereocenters. The molecule has 0 amide bonds. The number of benzene rings is 1. The number of halogens is 2. The molecule has 0 saturated carbocycles. The standard InChI is InChI=1S/C13H18ClFN2/c1-10(17-7-2-5-16-6-8-17)12-9-11(14)3-4-13(12)15/h3-4,9-10,16H,2,5-8H2,1H3. The lowest BCUT2D eigenvalue weighted by Gasteiger charge is -2.28. The van der Waals surface area contributed by atoms with E-state index in [1.807, 2.05) is 6.92 Å². The summed E-state index contributed by atoms with van der Waals surface area (Å²) in [4.78, 5) is 2.30. The fourth-order valence-corrected chi connectivity index (χ4v) is 2.47. The molecule has 1 aliphatic heterocycles. The van der Waals surface area contributed by atoms with Crippen molar-refractivity contribution >= 4 is 11.6 Å². The van der Waals surface area contributed by atoms with E-state index in [2.05, 4.69) is 10.2 Å². The number of nitrogens with zero attached hydrogens (tertiary/aromatic N) is 1. The summed E-state index contributed by atoms with van der Waals surface area (Å²) in [5.41, 5.74) is 0.694. The van der Waals surface area contributed by atoms with Gasteiger partial charge in [-0.1, -0.05) is 11.6 Å². The zero-order valence-corrected chi connectivity index (χ0v) is 10.8. The molecular weight excluding hydrogens is 239 g/mol. The van der Waals surface area contributed by atoms with E-state index >= 15 is 0 Å². The van der Waals surface area contributed by atoms with E-state index in [0.717, 1.165) is 32.6 Å². The fraction of sp³-hybridized carbons (Fsp3) is 0.538. The maximum absolute atomic E-state index is 13.8. The molecule has 0 spiro atoms. The van der Waals surface area contributed by atoms with Gasteiger partial charge in [0.25, 0.3) is 0 Å². The van der Waals surface area contributed by atoms with Crippen molar-refractivity contribution in [2.45, 2.75) is 19.4 Å². The lowest BCUT2D eigenvalue weighted by molar-refractivity contribution is 0.221. The van der Waals surface area contributed by atoms with Gasteiger partial charge in [-0.2, -0.15) is 0 Å². The van der Waals surface area contributed by atoms with E-state index in [0.29, 0.717) is 10.6 Å². The van der Waals surface area contributed by atoms with E-state index < -0.39 is 0 Å². The van der Waals surface area contributed by atoms with Crippen molar-refractivity contribution in [2.75, 3.05) is 26.2 Å². The first-order valence-electron chi connectivity index (χ1n) is 6.08. The van der Waals surface area contributed by atoms with Crippen LogP contribution in [0.25, 0.3) is 0 Å². The van der Waals surface area contributed by atoms with Crippen LogP contribution in [0.15, 0.2) is 18.2 Å². The average Bonchev–Trinajstić information content (AvgIpc) is 2.60. The Bertz CT molecular complexity index is 376. The quantitative estimate of drug-likeness (QED) is 0.875. The molecule has 2 rings (SSSR count). The molecule has 0 radical (unpaired) electrons. The molecule has 4 heteroatoms. The van der Waals surface area contributed by atoms with Gasteiger partial charge in [-0.05, 0) is 44.6 Å². The first-order valence-corrected chi connectivity index (χ1v) is 6.46. The highest BCUT2D eigenvalue weighted by Crippen LogP contribution is 2.26. The Morgan fingerprint density at radius 2 is 2.18 bits per heavy atom. The smallest absolute Gasteiger partial charge is 0.128 e. The monoisotopic (exact) mass is 256 g/mol. The first kappa shape index (κ1) is 12.8. The van der Waals surface area contributed by atoms with Crippen LogP contribution in [-0.2, 0) is 0 Å². The Kier molecular flexibility index (Phi) is 4.37. The molecule has 94 valence electrons. The SMILES string of the molecule is CC(c1cc(Cl)ccc1F)N1CCCNCC1. The largest absolute Gasteiger partial charge is 0.315 e. The first-order chi connectivity index (χ1) is 8.18. The molecular formula is C13H18ClFN2. The third-order valence-corrected chi connectivity index (χ3v) is 3.57. The van der Waals surface area contributed by atoms with E-state index in [1.165, 1.54) is 6.07 Å². The number of rotatable bonds is 2. The molecule has 1 unspecified atom stereocenters. The van der Waals surface area contributed by atoms with E-state index in [1.54, 1.807) is 12.1 Å². The van der Waals surface area contributed by atoms with Crippen LogP contribution in [0.3, 0.4) is 0 Å². The Hall–Kier alpha value is -0.640. The Morgan fingerprint density at radius 3 is 3.00 bits per heavy atom. The van der Waals surface area contributed by atoms with Crippen molar-refractivity contribution in [2.24, 2.45) is 0 Å². The van der Waals surface area contributed by atoms with Crippen LogP contribution in [0, 0.1) is 5.82 Å². The summed E-state index contributed by atoms with van der Waals surface area (Å²) in [5, 5.41) is 3.95. The van der Waals surface area contributed by atoms with Gasteiger partial charge in [0.2, 0.25) is 0 Å². The minimum absolute atomic E-state index is 0.0774. The molecule has 1 aromatic rings. The summed E-state index contributed by atoms with van der Waals surface area (Å²) in [7, 11) is 0. The Morgan fingerprint density at radius 1 is 1.35 bits per heavy atom. The topological polar surface area (TPSA) is 15.3 Å². The minimum Gasteiger partial charge on any atom is -0.315 e. The molecule has 1 saturated heterocycles. The highest BCUT2D eigenvalue weighted by molar-refractivity contribution is 6.30. The maximum Gasteiger partial charge on any atom is 0.128 e. The number of hydrogen-bond donors (Lipinski definition) is 1. The molecule has 1 aromatic carbocycles. The summed E-state index contributed by atoms with van der Waals surface area (Å²) in [6, 6.07) is 4.86. The summed E-state index contributed by atoms with van der Waals surface area (Å²) in [5.74, 6) is -0.167. The van der Waals surface area contributed by atoms with Gasteiger partial charge in [-0.3, -0.25) is 4.90 Å². The second kappa shape index (κ2) is 5.80. The number of nitrogens with one attached hydrogen (secondary N) is 1. The van der Waals surface area contributed by atoms with Crippen LogP contribution < -0.4 is 5.32 Å². The van der Waals surface area contributed by atoms with Crippen LogP contribution in [0.2, 0.25) is 5.02 Å². The van der Waals surface area contributed by atoms with Crippen LogP contribution in [0.4, 0.5) is 4.39 Å². The normalized spacial score (nSPS) is 19.9. The van der Waals surface area contributed by atoms with Crippen LogP contribution >= 0.6 is 11.6 Å². The summed E-state index contributed by atoms with van der Waals surface area (Å²) < 4.78 is 13.8. The predicted octanol–water partition coefficient (Wildman–Crippen LogP) is 2.84. The van der Waals surface area contributed by atoms with Crippen molar-refractivity contribution in [1.29, 1.82) is 0 Å². The molecule has 1 N–H and O–H groups in total. The summed E-state index contributed by atoms with van der Waals surface area (Å²) >= 11 is 5.93. The molecule has 0 aliphatic carbocycles. The molecule has 1 heterocycles. The van der Waals surface area contributed by atoms with Gasteiger partial charge in [-0.25, -0.2) is 4.39 Å². The second-order valence-corrected chi connectivity index (χ2v) is 4.92. The van der Waals surface area contributed by atoms with E-state index in [4.69, 9.17) is 11.6 Å². The van der Waals surface area contributed by atoms with Crippen molar-refractivity contribution in [3.8, 4) is 0 Å². The van der Waals surface area contributed by atoms with Crippen LogP contribution in [-0.4, -0.2) is 31.1 Å². The summed E-state index contributed by atoms with van der Waals surface area (Å²) in [6.45, 7) is 6.00. The fourth-order valence-electron chi connectivity index (χ4n) is 2.29. The maximum atomic E-state index is 13.8. The average molecular weight is 257 g/mol. The van der Waals surface area contributed by atoms with Crippen LogP contribution in [0.1, 0.15) is 24.9 Å². The summed E-state index contributed by atoms with van der Waals surface area (Å²) in [6.07, 6.45) is 1.10. The second-order valence-electron chi connectivity index (χ2n) is 4.48. The van der Waals surface area contributed by atoms with Gasteiger partial charge < -0.3 is 5.32 Å². The third kappa shape index (κ3) is 3.18. The lowest BCUT2D eigenvalue weighted by Crippen LogP contribution is -2.31. The third-order valence-electron chi connectivity index (χ3n) is 3.33. The van der Waals surface area contributed by atoms with Crippen molar-refractivity contribution in [3.63, 3.8) is 0 Å². The van der Waals surface area contributed by atoms with Crippen molar-refractivity contribution < 1.29 is 4.39 Å². The lowest BCUT2D eigenvalue weighted by atomic mass is 10.1. The van der Waals surface area contributed by atoms with Gasteiger partial charge in [0.1, 0.15) is 5.82 Å². The Labute approximate surface area is 107 Å². The predicted molar refractivity (Wildman–Crippen MR) is 68.9 cm³/mol. The zero-order chi connectivity index (χ0) is 12.3. The molecule has 2 nitrogen and oxygen atoms in total. The van der Waals surface area contributed by atoms with Gasteiger partial charge in [0, 0.05) is 29.7 Å². The molecule has 0 aromatic heterocycles. The molecule has 17 heavy (non-hydrogen) atoms. The van der Waals surface area contributed by atoms with Gasteiger partial charge in [0.15, 0.2) is 0 Å². The Balaban J connectivity index is 2.16. The van der Waals surface area contributed by atoms with Crippen molar-refractivity contribution in [3.05, 3.63) is 34.6 Å². The minimum atomic E-state index is -0.167. The molecule has 1 fully saturated rings. The molecule has 0 bridgehead atoms. The van der Waals surface area contributed by atoms with E-state index in [9.17, 15) is 4.39 Å². The van der Waals surface area contributed by atoms with Gasteiger partial charge in [-0.15, -0.1) is 0 Å². The zero-order valence-electron chi connectivity index (χ0n) is 10.0. The van der Waals surface area contributed by atoms with Crippen LogP contribution in [0.5, 0.6) is 0 Å². The molecule has 1 aliphatic rings. The van der Waals surface area contributed by atoms with E-state index in [-0.39, 0.29) is 11.9 Å². The highest BCUT2D eigenvalue weighted by Gasteiger charge is 2.19. The highest BCUT2D eigenvalue weighted by atomic mass is 35.5. The van der Waals surface area contributed by atoms with Gasteiger partial charge in [0.05, 0.1) is 0 Å². The number of hydrogen-bond acceptors (Lipinski definition) is 2. The van der Waals surface area contributed by atoms with Gasteiger partial charge >= 0.3 is 0 Å². The van der Waals surface area contributed by atoms with Crippen molar-refractivity contribution in [1.82, 2.24) is 10.2 Å².